The van der Waals surface area contributed by atoms with Gasteiger partial charge in [0, 0.05) is 22.6 Å². The summed E-state index contributed by atoms with van der Waals surface area (Å²) in [6.45, 7) is 3.47. The van der Waals surface area contributed by atoms with Crippen LogP contribution in [0.15, 0.2) is 59.5 Å². The van der Waals surface area contributed by atoms with Crippen LogP contribution in [-0.2, 0) is 0 Å². The molecular weight excluding hydrogens is 334 g/mol. The van der Waals surface area contributed by atoms with Gasteiger partial charge in [0.15, 0.2) is 0 Å². The van der Waals surface area contributed by atoms with Gasteiger partial charge in [-0.05, 0) is 56.1 Å². The van der Waals surface area contributed by atoms with Crippen LogP contribution in [0.4, 0.5) is 0 Å². The summed E-state index contributed by atoms with van der Waals surface area (Å²) in [4.78, 5) is 3.74. The van der Waals surface area contributed by atoms with Gasteiger partial charge < -0.3 is 4.90 Å². The molecule has 140 valence electrons. The lowest BCUT2D eigenvalue weighted by molar-refractivity contribution is 0.320. The second-order valence-corrected chi connectivity index (χ2v) is 9.45. The van der Waals surface area contributed by atoms with Crippen molar-refractivity contribution < 1.29 is 0 Å². The van der Waals surface area contributed by atoms with Crippen LogP contribution in [0.25, 0.3) is 0 Å². The second kappa shape index (κ2) is 9.62. The molecular formula is C24H33NS. The molecule has 0 amide bonds. The van der Waals surface area contributed by atoms with E-state index in [2.05, 4.69) is 92.3 Å². The highest BCUT2D eigenvalue weighted by molar-refractivity contribution is 8.00. The van der Waals surface area contributed by atoms with Gasteiger partial charge >= 0.3 is 0 Å². The zero-order valence-corrected chi connectivity index (χ0v) is 17.3. The minimum Gasteiger partial charge on any atom is -0.309 e. The number of hydrogen-bond donors (Lipinski definition) is 0. The van der Waals surface area contributed by atoms with Gasteiger partial charge in [-0.25, -0.2) is 0 Å². The van der Waals surface area contributed by atoms with Gasteiger partial charge in [-0.15, -0.1) is 11.8 Å². The van der Waals surface area contributed by atoms with Crippen molar-refractivity contribution >= 4 is 11.8 Å². The van der Waals surface area contributed by atoms with Crippen molar-refractivity contribution in [3.05, 3.63) is 65.7 Å². The number of rotatable bonds is 7. The molecule has 2 heteroatoms. The highest BCUT2D eigenvalue weighted by atomic mass is 32.2. The first-order valence-electron chi connectivity index (χ1n) is 10.1. The van der Waals surface area contributed by atoms with Crippen LogP contribution < -0.4 is 0 Å². The maximum atomic E-state index is 2.38. The predicted octanol–water partition coefficient (Wildman–Crippen LogP) is 6.44. The first kappa shape index (κ1) is 19.5. The van der Waals surface area contributed by atoms with Crippen LogP contribution in [-0.4, -0.2) is 30.8 Å². The molecule has 0 heterocycles. The third kappa shape index (κ3) is 5.37. The van der Waals surface area contributed by atoms with Gasteiger partial charge in [0.05, 0.1) is 0 Å². The van der Waals surface area contributed by atoms with Crippen LogP contribution in [0.3, 0.4) is 0 Å². The van der Waals surface area contributed by atoms with Crippen molar-refractivity contribution in [3.8, 4) is 0 Å². The Morgan fingerprint density at radius 3 is 2.12 bits per heavy atom. The zero-order valence-electron chi connectivity index (χ0n) is 16.5. The molecule has 1 aliphatic carbocycles. The molecule has 2 aromatic carbocycles. The molecule has 1 aliphatic rings. The summed E-state index contributed by atoms with van der Waals surface area (Å²) in [5.74, 6) is 1.02. The summed E-state index contributed by atoms with van der Waals surface area (Å²) in [6, 6.07) is 20.4. The lowest BCUT2D eigenvalue weighted by Crippen LogP contribution is -2.25. The monoisotopic (exact) mass is 367 g/mol. The lowest BCUT2D eigenvalue weighted by atomic mass is 9.81. The van der Waals surface area contributed by atoms with E-state index in [-0.39, 0.29) is 0 Å². The van der Waals surface area contributed by atoms with Crippen molar-refractivity contribution in [2.75, 3.05) is 20.6 Å². The molecule has 0 spiro atoms. The topological polar surface area (TPSA) is 3.24 Å². The van der Waals surface area contributed by atoms with Crippen LogP contribution in [0.2, 0.25) is 0 Å². The molecule has 2 atom stereocenters. The van der Waals surface area contributed by atoms with E-state index in [0.717, 1.165) is 11.8 Å². The van der Waals surface area contributed by atoms with Crippen LogP contribution in [0, 0.1) is 5.92 Å². The maximum absolute atomic E-state index is 2.38. The van der Waals surface area contributed by atoms with Gasteiger partial charge in [0.2, 0.25) is 0 Å². The summed E-state index contributed by atoms with van der Waals surface area (Å²) < 4.78 is 0. The average molecular weight is 368 g/mol. The molecule has 0 radical (unpaired) electrons. The Balaban J connectivity index is 1.77. The molecule has 0 aromatic heterocycles. The lowest BCUT2D eigenvalue weighted by Gasteiger charge is -2.28. The van der Waals surface area contributed by atoms with Crippen LogP contribution in [0.5, 0.6) is 0 Å². The first-order chi connectivity index (χ1) is 12.6. The van der Waals surface area contributed by atoms with Crippen molar-refractivity contribution in [1.82, 2.24) is 4.90 Å². The Kier molecular flexibility index (Phi) is 7.22. The summed E-state index contributed by atoms with van der Waals surface area (Å²) in [6.07, 6.45) is 7.03. The Morgan fingerprint density at radius 1 is 0.885 bits per heavy atom. The zero-order chi connectivity index (χ0) is 18.4. The first-order valence-corrected chi connectivity index (χ1v) is 11.0. The normalized spacial score (nSPS) is 18.0. The quantitative estimate of drug-likeness (QED) is 0.554. The molecule has 1 fully saturated rings. The van der Waals surface area contributed by atoms with Gasteiger partial charge in [0.1, 0.15) is 0 Å². The number of hydrogen-bond acceptors (Lipinski definition) is 2. The molecule has 2 unspecified atom stereocenters. The summed E-state index contributed by atoms with van der Waals surface area (Å²) >= 11 is 2.09. The molecule has 2 aromatic rings. The van der Waals surface area contributed by atoms with E-state index in [1.165, 1.54) is 48.1 Å². The largest absolute Gasteiger partial charge is 0.309 e. The molecule has 0 bridgehead atoms. The molecule has 3 rings (SSSR count). The van der Waals surface area contributed by atoms with E-state index in [0.29, 0.717) is 11.8 Å². The van der Waals surface area contributed by atoms with Gasteiger partial charge in [-0.3, -0.25) is 0 Å². The van der Waals surface area contributed by atoms with Gasteiger partial charge in [0.25, 0.3) is 0 Å². The predicted molar refractivity (Wildman–Crippen MR) is 115 cm³/mol. The van der Waals surface area contributed by atoms with Crippen molar-refractivity contribution in [1.29, 1.82) is 0 Å². The van der Waals surface area contributed by atoms with E-state index in [1.54, 1.807) is 0 Å². The summed E-state index contributed by atoms with van der Waals surface area (Å²) in [5, 5.41) is 0.826. The molecule has 0 saturated heterocycles. The fourth-order valence-corrected chi connectivity index (χ4v) is 5.57. The van der Waals surface area contributed by atoms with Crippen LogP contribution >= 0.6 is 11.8 Å². The Labute approximate surface area is 164 Å². The summed E-state index contributed by atoms with van der Waals surface area (Å²) in [7, 11) is 4.34. The molecule has 26 heavy (non-hydrogen) atoms. The number of nitrogens with zero attached hydrogens (tertiary/aromatic N) is 1. The third-order valence-electron chi connectivity index (χ3n) is 5.48. The fraction of sp³-hybridized carbons (Fsp3) is 0.500. The maximum Gasteiger partial charge on any atom is 0.0127 e. The van der Waals surface area contributed by atoms with Crippen molar-refractivity contribution in [3.63, 3.8) is 0 Å². The number of benzene rings is 2. The van der Waals surface area contributed by atoms with Gasteiger partial charge in [-0.2, -0.15) is 0 Å². The Hall–Kier alpha value is -1.25. The smallest absolute Gasteiger partial charge is 0.0127 e. The number of thioether (sulfide) groups is 1. The molecule has 1 saturated carbocycles. The van der Waals surface area contributed by atoms with Crippen LogP contribution in [0.1, 0.15) is 56.1 Å². The molecule has 1 nitrogen and oxygen atoms in total. The second-order valence-electron chi connectivity index (χ2n) is 8.07. The van der Waals surface area contributed by atoms with E-state index in [1.807, 2.05) is 0 Å². The minimum absolute atomic E-state index is 0.451. The van der Waals surface area contributed by atoms with E-state index in [9.17, 15) is 0 Å². The Bertz CT molecular complexity index is 644. The highest BCUT2D eigenvalue weighted by Gasteiger charge is 2.22. The van der Waals surface area contributed by atoms with E-state index >= 15 is 0 Å². The third-order valence-corrected chi connectivity index (χ3v) is 6.82. The van der Waals surface area contributed by atoms with Crippen molar-refractivity contribution in [2.45, 2.75) is 55.1 Å². The Morgan fingerprint density at radius 2 is 1.50 bits per heavy atom. The molecule has 0 N–H and O–H groups in total. The minimum atomic E-state index is 0.451. The van der Waals surface area contributed by atoms with Gasteiger partial charge in [-0.1, -0.05) is 68.7 Å². The SMILES string of the molecule is CC(CN(C)C)C(c1ccccc1)c1ccc(SC2CCCCC2)cc1. The molecule has 0 aliphatic heterocycles. The highest BCUT2D eigenvalue weighted by Crippen LogP contribution is 2.36. The standard InChI is InChI=1S/C24H33NS/c1-19(18-25(2)3)24(20-10-6-4-7-11-20)21-14-16-23(17-15-21)26-22-12-8-5-9-13-22/h4,6-7,10-11,14-17,19,22,24H,5,8-9,12-13,18H2,1-3H3. The van der Waals surface area contributed by atoms with Crippen molar-refractivity contribution in [2.24, 2.45) is 5.92 Å². The van der Waals surface area contributed by atoms with E-state index < -0.39 is 0 Å². The van der Waals surface area contributed by atoms with E-state index in [4.69, 9.17) is 0 Å². The average Bonchev–Trinajstić information content (AvgIpc) is 2.64. The fourth-order valence-electron chi connectivity index (χ4n) is 4.32. The summed E-state index contributed by atoms with van der Waals surface area (Å²) in [5.41, 5.74) is 2.87.